The van der Waals surface area contributed by atoms with Crippen LogP contribution >= 0.6 is 0 Å². The van der Waals surface area contributed by atoms with E-state index in [-0.39, 0.29) is 5.91 Å². The number of benzene rings is 1. The van der Waals surface area contributed by atoms with Crippen LogP contribution in [0.3, 0.4) is 0 Å². The molecule has 0 heterocycles. The van der Waals surface area contributed by atoms with Gasteiger partial charge in [0, 0.05) is 5.69 Å². The summed E-state index contributed by atoms with van der Waals surface area (Å²) in [7, 11) is 0. The molecule has 0 aliphatic carbocycles. The molecule has 20 heavy (non-hydrogen) atoms. The minimum Gasteiger partial charge on any atom is -0.325 e. The molecule has 0 bridgehead atoms. The molecule has 1 aromatic rings. The van der Waals surface area contributed by atoms with Crippen molar-refractivity contribution in [2.75, 3.05) is 5.32 Å². The van der Waals surface area contributed by atoms with Gasteiger partial charge in [0.05, 0.1) is 6.04 Å². The summed E-state index contributed by atoms with van der Waals surface area (Å²) in [5.41, 5.74) is 7.67. The third-order valence-corrected chi connectivity index (χ3v) is 3.43. The van der Waals surface area contributed by atoms with E-state index in [9.17, 15) is 4.79 Å². The van der Waals surface area contributed by atoms with Crippen LogP contribution in [0.4, 0.5) is 5.69 Å². The molecule has 0 saturated carbocycles. The van der Waals surface area contributed by atoms with Gasteiger partial charge in [-0.1, -0.05) is 51.2 Å². The Balaban J connectivity index is 2.34. The van der Waals surface area contributed by atoms with Crippen molar-refractivity contribution >= 4 is 11.6 Å². The molecule has 1 aromatic carbocycles. The van der Waals surface area contributed by atoms with Crippen molar-refractivity contribution in [2.45, 2.75) is 64.8 Å². The molecule has 3 nitrogen and oxygen atoms in total. The molecule has 3 heteroatoms. The molecule has 1 atom stereocenters. The lowest BCUT2D eigenvalue weighted by atomic mass is 10.0. The molecule has 0 radical (unpaired) electrons. The monoisotopic (exact) mass is 276 g/mol. The van der Waals surface area contributed by atoms with Gasteiger partial charge >= 0.3 is 0 Å². The highest BCUT2D eigenvalue weighted by atomic mass is 16.2. The Morgan fingerprint density at radius 1 is 1.20 bits per heavy atom. The maximum absolute atomic E-state index is 11.5. The molecule has 0 saturated heterocycles. The van der Waals surface area contributed by atoms with E-state index in [4.69, 9.17) is 5.73 Å². The van der Waals surface area contributed by atoms with E-state index in [2.05, 4.69) is 18.3 Å². The SMILES string of the molecule is CCCCCCCCc1cccc(NC(=O)C(C)N)c1. The van der Waals surface area contributed by atoms with Crippen molar-refractivity contribution < 1.29 is 4.79 Å². The van der Waals surface area contributed by atoms with E-state index >= 15 is 0 Å². The van der Waals surface area contributed by atoms with E-state index in [1.54, 1.807) is 6.92 Å². The molecule has 0 aliphatic heterocycles. The number of nitrogens with two attached hydrogens (primary N) is 1. The topological polar surface area (TPSA) is 55.1 Å². The number of rotatable bonds is 9. The van der Waals surface area contributed by atoms with Crippen LogP contribution < -0.4 is 11.1 Å². The highest BCUT2D eigenvalue weighted by molar-refractivity contribution is 5.94. The molecule has 1 amide bonds. The zero-order chi connectivity index (χ0) is 14.8. The highest BCUT2D eigenvalue weighted by Gasteiger charge is 2.07. The molecule has 0 fully saturated rings. The standard InChI is InChI=1S/C17H28N2O/c1-3-4-5-6-7-8-10-15-11-9-12-16(13-15)19-17(20)14(2)18/h9,11-14H,3-8,10,18H2,1-2H3,(H,19,20). The lowest BCUT2D eigenvalue weighted by molar-refractivity contribution is -0.117. The van der Waals surface area contributed by atoms with Gasteiger partial charge in [0.1, 0.15) is 0 Å². The van der Waals surface area contributed by atoms with E-state index < -0.39 is 6.04 Å². The molecule has 0 aromatic heterocycles. The number of hydrogen-bond acceptors (Lipinski definition) is 2. The van der Waals surface area contributed by atoms with Crippen molar-refractivity contribution in [1.29, 1.82) is 0 Å². The zero-order valence-corrected chi connectivity index (χ0v) is 12.8. The van der Waals surface area contributed by atoms with Crippen molar-refractivity contribution in [3.05, 3.63) is 29.8 Å². The van der Waals surface area contributed by atoms with Gasteiger partial charge in [-0.3, -0.25) is 4.79 Å². The second kappa shape index (κ2) is 9.54. The highest BCUT2D eigenvalue weighted by Crippen LogP contribution is 2.14. The van der Waals surface area contributed by atoms with Crippen molar-refractivity contribution in [1.82, 2.24) is 0 Å². The summed E-state index contributed by atoms with van der Waals surface area (Å²) < 4.78 is 0. The van der Waals surface area contributed by atoms with Crippen LogP contribution in [0.25, 0.3) is 0 Å². The zero-order valence-electron chi connectivity index (χ0n) is 12.8. The van der Waals surface area contributed by atoms with E-state index in [0.717, 1.165) is 12.1 Å². The molecular formula is C17H28N2O. The fourth-order valence-electron chi connectivity index (χ4n) is 2.17. The summed E-state index contributed by atoms with van der Waals surface area (Å²) in [6.07, 6.45) is 8.90. The van der Waals surface area contributed by atoms with Gasteiger partial charge in [-0.05, 0) is 37.5 Å². The van der Waals surface area contributed by atoms with Crippen LogP contribution in [0.1, 0.15) is 57.9 Å². The maximum Gasteiger partial charge on any atom is 0.240 e. The summed E-state index contributed by atoms with van der Waals surface area (Å²) in [6.45, 7) is 3.93. The lowest BCUT2D eigenvalue weighted by Crippen LogP contribution is -2.32. The van der Waals surface area contributed by atoms with Crippen LogP contribution in [0.2, 0.25) is 0 Å². The molecular weight excluding hydrogens is 248 g/mol. The van der Waals surface area contributed by atoms with Gasteiger partial charge in [-0.25, -0.2) is 0 Å². The normalized spacial score (nSPS) is 12.2. The predicted molar refractivity (Wildman–Crippen MR) is 85.8 cm³/mol. The Morgan fingerprint density at radius 3 is 2.60 bits per heavy atom. The van der Waals surface area contributed by atoms with E-state index in [1.807, 2.05) is 18.2 Å². The Bertz CT molecular complexity index is 402. The number of amides is 1. The molecule has 3 N–H and O–H groups in total. The average molecular weight is 276 g/mol. The fraction of sp³-hybridized carbons (Fsp3) is 0.588. The molecule has 1 rings (SSSR count). The number of unbranched alkanes of at least 4 members (excludes halogenated alkanes) is 5. The van der Waals surface area contributed by atoms with Crippen LogP contribution in [-0.4, -0.2) is 11.9 Å². The third kappa shape index (κ3) is 6.71. The largest absolute Gasteiger partial charge is 0.325 e. The summed E-state index contributed by atoms with van der Waals surface area (Å²) in [5.74, 6) is -0.137. The van der Waals surface area contributed by atoms with Gasteiger partial charge in [-0.15, -0.1) is 0 Å². The summed E-state index contributed by atoms with van der Waals surface area (Å²) in [4.78, 5) is 11.5. The number of hydrogen-bond donors (Lipinski definition) is 2. The summed E-state index contributed by atoms with van der Waals surface area (Å²) >= 11 is 0. The summed E-state index contributed by atoms with van der Waals surface area (Å²) in [5, 5.41) is 2.84. The molecule has 0 aliphatic rings. The van der Waals surface area contributed by atoms with Crippen LogP contribution in [0.15, 0.2) is 24.3 Å². The summed E-state index contributed by atoms with van der Waals surface area (Å²) in [6, 6.07) is 7.59. The van der Waals surface area contributed by atoms with E-state index in [0.29, 0.717) is 0 Å². The first-order valence-corrected chi connectivity index (χ1v) is 7.79. The minimum atomic E-state index is -0.475. The van der Waals surface area contributed by atoms with Gasteiger partial charge < -0.3 is 11.1 Å². The number of carbonyl (C=O) groups is 1. The first-order chi connectivity index (χ1) is 9.63. The first-order valence-electron chi connectivity index (χ1n) is 7.79. The fourth-order valence-corrected chi connectivity index (χ4v) is 2.17. The Morgan fingerprint density at radius 2 is 1.90 bits per heavy atom. The quantitative estimate of drug-likeness (QED) is 0.673. The molecule has 0 spiro atoms. The van der Waals surface area contributed by atoms with Gasteiger partial charge in [0.15, 0.2) is 0 Å². The molecule has 112 valence electrons. The lowest BCUT2D eigenvalue weighted by Gasteiger charge is -2.09. The number of anilines is 1. The van der Waals surface area contributed by atoms with Crippen LogP contribution in [0.5, 0.6) is 0 Å². The van der Waals surface area contributed by atoms with Crippen LogP contribution in [0, 0.1) is 0 Å². The number of carbonyl (C=O) groups excluding carboxylic acids is 1. The Kier molecular flexibility index (Phi) is 7.97. The minimum absolute atomic E-state index is 0.137. The smallest absolute Gasteiger partial charge is 0.240 e. The number of aryl methyl sites for hydroxylation is 1. The van der Waals surface area contributed by atoms with Gasteiger partial charge in [0.25, 0.3) is 0 Å². The van der Waals surface area contributed by atoms with Gasteiger partial charge in [-0.2, -0.15) is 0 Å². The van der Waals surface area contributed by atoms with Gasteiger partial charge in [0.2, 0.25) is 5.91 Å². The first kappa shape index (κ1) is 16.7. The molecule has 1 unspecified atom stereocenters. The van der Waals surface area contributed by atoms with E-state index in [1.165, 1.54) is 44.1 Å². The second-order valence-electron chi connectivity index (χ2n) is 5.50. The Hall–Kier alpha value is -1.35. The third-order valence-electron chi connectivity index (χ3n) is 3.43. The Labute approximate surface area is 122 Å². The predicted octanol–water partition coefficient (Wildman–Crippen LogP) is 3.88. The average Bonchev–Trinajstić information content (AvgIpc) is 2.43. The second-order valence-corrected chi connectivity index (χ2v) is 5.50. The van der Waals surface area contributed by atoms with Crippen molar-refractivity contribution in [3.8, 4) is 0 Å². The van der Waals surface area contributed by atoms with Crippen LogP contribution in [-0.2, 0) is 11.2 Å². The maximum atomic E-state index is 11.5. The van der Waals surface area contributed by atoms with Crippen molar-refractivity contribution in [2.24, 2.45) is 5.73 Å². The number of nitrogens with one attached hydrogen (secondary N) is 1. The van der Waals surface area contributed by atoms with Crippen molar-refractivity contribution in [3.63, 3.8) is 0 Å².